The molecular weight excluding hydrogens is 316 g/mol. The topological polar surface area (TPSA) is 49.3 Å². The second-order valence-electron chi connectivity index (χ2n) is 6.16. The maximum atomic E-state index is 4.47. The highest BCUT2D eigenvalue weighted by molar-refractivity contribution is 7.11. The van der Waals surface area contributed by atoms with Crippen molar-refractivity contribution in [2.24, 2.45) is 4.99 Å². The molecule has 1 heterocycles. The highest BCUT2D eigenvalue weighted by atomic mass is 32.1. The van der Waals surface area contributed by atoms with Crippen LogP contribution < -0.4 is 10.6 Å². The zero-order chi connectivity index (χ0) is 17.5. The van der Waals surface area contributed by atoms with Crippen molar-refractivity contribution >= 4 is 17.3 Å². The highest BCUT2D eigenvalue weighted by Crippen LogP contribution is 2.17. The summed E-state index contributed by atoms with van der Waals surface area (Å²) in [4.78, 5) is 10.1. The number of hydrogen-bond acceptors (Lipinski definition) is 3. The van der Waals surface area contributed by atoms with Gasteiger partial charge in [0, 0.05) is 31.4 Å². The molecule has 1 aromatic carbocycles. The van der Waals surface area contributed by atoms with Crippen LogP contribution in [0, 0.1) is 27.7 Å². The number of nitrogens with zero attached hydrogens (tertiary/aromatic N) is 2. The van der Waals surface area contributed by atoms with E-state index in [0.717, 1.165) is 42.6 Å². The predicted octanol–water partition coefficient (Wildman–Crippen LogP) is 3.33. The number of hydrogen-bond donors (Lipinski definition) is 2. The Morgan fingerprint density at radius 1 is 1.00 bits per heavy atom. The van der Waals surface area contributed by atoms with E-state index in [2.05, 4.69) is 66.5 Å². The summed E-state index contributed by atoms with van der Waals surface area (Å²) in [5, 5.41) is 7.91. The SMILES string of the molecule is CN=C(NCCc1cc(C)cc(C)c1)NCCc1sc(C)nc1C. The third-order valence-corrected chi connectivity index (χ3v) is 4.99. The maximum absolute atomic E-state index is 4.47. The number of aryl methyl sites for hydroxylation is 4. The average molecular weight is 345 g/mol. The Hall–Kier alpha value is -1.88. The van der Waals surface area contributed by atoms with Gasteiger partial charge in [0.1, 0.15) is 0 Å². The van der Waals surface area contributed by atoms with E-state index in [1.54, 1.807) is 11.3 Å². The van der Waals surface area contributed by atoms with Crippen molar-refractivity contribution in [2.45, 2.75) is 40.5 Å². The fourth-order valence-corrected chi connectivity index (χ4v) is 3.80. The van der Waals surface area contributed by atoms with Gasteiger partial charge in [-0.2, -0.15) is 0 Å². The van der Waals surface area contributed by atoms with Gasteiger partial charge in [0.15, 0.2) is 5.96 Å². The van der Waals surface area contributed by atoms with Gasteiger partial charge in [0.25, 0.3) is 0 Å². The van der Waals surface area contributed by atoms with Crippen LogP contribution in [0.4, 0.5) is 0 Å². The second kappa shape index (κ2) is 8.83. The highest BCUT2D eigenvalue weighted by Gasteiger charge is 2.05. The number of thiazole rings is 1. The summed E-state index contributed by atoms with van der Waals surface area (Å²) in [5.74, 6) is 0.860. The summed E-state index contributed by atoms with van der Waals surface area (Å²) in [6, 6.07) is 6.71. The summed E-state index contributed by atoms with van der Waals surface area (Å²) in [6.07, 6.45) is 1.98. The third-order valence-electron chi connectivity index (χ3n) is 3.86. The first kappa shape index (κ1) is 18.5. The first-order chi connectivity index (χ1) is 11.5. The molecule has 5 heteroatoms. The Balaban J connectivity index is 1.75. The summed E-state index contributed by atoms with van der Waals surface area (Å²) in [6.45, 7) is 10.2. The van der Waals surface area contributed by atoms with Crippen LogP contribution in [-0.2, 0) is 12.8 Å². The standard InChI is InChI=1S/C19H28N4S/c1-13-10-14(2)12-17(11-13)6-8-21-19(20-5)22-9-7-18-15(3)23-16(4)24-18/h10-12H,6-9H2,1-5H3,(H2,20,21,22). The van der Waals surface area contributed by atoms with Crippen molar-refractivity contribution < 1.29 is 0 Å². The zero-order valence-electron chi connectivity index (χ0n) is 15.4. The minimum atomic E-state index is 0.860. The lowest BCUT2D eigenvalue weighted by Gasteiger charge is -2.12. The van der Waals surface area contributed by atoms with E-state index in [0.29, 0.717) is 0 Å². The van der Waals surface area contributed by atoms with Gasteiger partial charge in [-0.25, -0.2) is 4.98 Å². The van der Waals surface area contributed by atoms with Crippen molar-refractivity contribution in [3.8, 4) is 0 Å². The second-order valence-corrected chi connectivity index (χ2v) is 7.45. The summed E-state index contributed by atoms with van der Waals surface area (Å²) >= 11 is 1.78. The summed E-state index contributed by atoms with van der Waals surface area (Å²) in [5.41, 5.74) is 5.16. The molecule has 0 amide bonds. The predicted molar refractivity (Wildman–Crippen MR) is 104 cm³/mol. The molecule has 0 aliphatic rings. The first-order valence-corrected chi connectivity index (χ1v) is 9.24. The van der Waals surface area contributed by atoms with Gasteiger partial charge < -0.3 is 10.6 Å². The van der Waals surface area contributed by atoms with Crippen molar-refractivity contribution in [3.05, 3.63) is 50.5 Å². The van der Waals surface area contributed by atoms with Crippen molar-refractivity contribution in [2.75, 3.05) is 20.1 Å². The van der Waals surface area contributed by atoms with E-state index in [-0.39, 0.29) is 0 Å². The number of rotatable bonds is 6. The molecule has 0 radical (unpaired) electrons. The third kappa shape index (κ3) is 5.64. The van der Waals surface area contributed by atoms with Crippen LogP contribution in [0.25, 0.3) is 0 Å². The largest absolute Gasteiger partial charge is 0.356 e. The van der Waals surface area contributed by atoms with Gasteiger partial charge in [-0.1, -0.05) is 29.3 Å². The van der Waals surface area contributed by atoms with Crippen LogP contribution in [0.3, 0.4) is 0 Å². The number of aromatic nitrogens is 1. The van der Waals surface area contributed by atoms with Crippen LogP contribution in [0.1, 0.15) is 32.3 Å². The Labute approximate surface area is 149 Å². The summed E-state index contributed by atoms with van der Waals surface area (Å²) < 4.78 is 0. The van der Waals surface area contributed by atoms with Crippen molar-refractivity contribution in [1.29, 1.82) is 0 Å². The molecule has 0 aliphatic heterocycles. The number of nitrogens with one attached hydrogen (secondary N) is 2. The van der Waals surface area contributed by atoms with Crippen LogP contribution in [0.15, 0.2) is 23.2 Å². The van der Waals surface area contributed by atoms with E-state index in [1.807, 2.05) is 7.05 Å². The van der Waals surface area contributed by atoms with E-state index in [9.17, 15) is 0 Å². The van der Waals surface area contributed by atoms with Gasteiger partial charge in [-0.05, 0) is 39.7 Å². The van der Waals surface area contributed by atoms with E-state index in [1.165, 1.54) is 21.6 Å². The molecule has 1 aromatic heterocycles. The molecule has 0 atom stereocenters. The van der Waals surface area contributed by atoms with E-state index in [4.69, 9.17) is 0 Å². The maximum Gasteiger partial charge on any atom is 0.190 e. The fraction of sp³-hybridized carbons (Fsp3) is 0.474. The van der Waals surface area contributed by atoms with Gasteiger partial charge in [0.2, 0.25) is 0 Å². The van der Waals surface area contributed by atoms with Crippen molar-refractivity contribution in [1.82, 2.24) is 15.6 Å². The van der Waals surface area contributed by atoms with E-state index >= 15 is 0 Å². The minimum absolute atomic E-state index is 0.860. The molecule has 4 nitrogen and oxygen atoms in total. The molecule has 0 saturated carbocycles. The fourth-order valence-electron chi connectivity index (χ4n) is 2.86. The lowest BCUT2D eigenvalue weighted by Crippen LogP contribution is -2.39. The first-order valence-electron chi connectivity index (χ1n) is 8.42. The normalized spacial score (nSPS) is 11.6. The van der Waals surface area contributed by atoms with E-state index < -0.39 is 0 Å². The molecule has 0 aliphatic carbocycles. The van der Waals surface area contributed by atoms with Crippen LogP contribution in [-0.4, -0.2) is 31.1 Å². The molecule has 0 unspecified atom stereocenters. The molecular formula is C19H28N4S. The Morgan fingerprint density at radius 2 is 1.62 bits per heavy atom. The molecule has 0 fully saturated rings. The Kier molecular flexibility index (Phi) is 6.79. The Morgan fingerprint density at radius 3 is 2.17 bits per heavy atom. The molecule has 2 rings (SSSR count). The summed E-state index contributed by atoms with van der Waals surface area (Å²) in [7, 11) is 1.81. The lowest BCUT2D eigenvalue weighted by atomic mass is 10.1. The quantitative estimate of drug-likeness (QED) is 0.624. The zero-order valence-corrected chi connectivity index (χ0v) is 16.2. The van der Waals surface area contributed by atoms with Gasteiger partial charge in [-0.15, -0.1) is 11.3 Å². The van der Waals surface area contributed by atoms with Crippen LogP contribution in [0.5, 0.6) is 0 Å². The van der Waals surface area contributed by atoms with Gasteiger partial charge >= 0.3 is 0 Å². The molecule has 2 aromatic rings. The monoisotopic (exact) mass is 344 g/mol. The Bertz CT molecular complexity index is 683. The van der Waals surface area contributed by atoms with Crippen molar-refractivity contribution in [3.63, 3.8) is 0 Å². The molecule has 24 heavy (non-hydrogen) atoms. The van der Waals surface area contributed by atoms with Crippen LogP contribution in [0.2, 0.25) is 0 Å². The lowest BCUT2D eigenvalue weighted by molar-refractivity contribution is 0.785. The number of benzene rings is 1. The molecule has 0 saturated heterocycles. The molecule has 2 N–H and O–H groups in total. The molecule has 0 spiro atoms. The van der Waals surface area contributed by atoms with Crippen LogP contribution >= 0.6 is 11.3 Å². The van der Waals surface area contributed by atoms with Gasteiger partial charge in [0.05, 0.1) is 10.7 Å². The van der Waals surface area contributed by atoms with Gasteiger partial charge in [-0.3, -0.25) is 4.99 Å². The number of aliphatic imine (C=N–C) groups is 1. The smallest absolute Gasteiger partial charge is 0.190 e. The average Bonchev–Trinajstić information content (AvgIpc) is 2.82. The minimum Gasteiger partial charge on any atom is -0.356 e. The molecule has 130 valence electrons. The molecule has 0 bridgehead atoms. The number of guanidine groups is 1.